The van der Waals surface area contributed by atoms with E-state index in [2.05, 4.69) is 43.5 Å². The largest absolute Gasteiger partial charge is 0.466 e. The Morgan fingerprint density at radius 3 is 1.05 bits per heavy atom. The molecule has 75 heavy (non-hydrogen) atoms. The third-order valence-corrected chi connectivity index (χ3v) is 15.7. The minimum Gasteiger partial charge on any atom is -0.466 e. The molecule has 0 aromatic carbocycles. The molecule has 0 aromatic heterocycles. The molecule has 0 aliphatic rings. The van der Waals surface area contributed by atoms with Crippen LogP contribution in [-0.4, -0.2) is 47.4 Å². The highest BCUT2D eigenvalue weighted by molar-refractivity contribution is 5.76. The van der Waals surface area contributed by atoms with Crippen LogP contribution in [0.15, 0.2) is 36.5 Å². The number of carbonyl (C=O) groups is 2. The summed E-state index contributed by atoms with van der Waals surface area (Å²) in [5.41, 5.74) is 0. The predicted octanol–water partition coefficient (Wildman–Crippen LogP) is 21.5. The number of ether oxygens (including phenoxy) is 1. The summed E-state index contributed by atoms with van der Waals surface area (Å²) in [6.07, 6.45) is 82.2. The number of amides is 1. The fourth-order valence-corrected chi connectivity index (χ4v) is 10.5. The lowest BCUT2D eigenvalue weighted by Gasteiger charge is -2.20. The van der Waals surface area contributed by atoms with Gasteiger partial charge in [0.15, 0.2) is 0 Å². The summed E-state index contributed by atoms with van der Waals surface area (Å²) in [5, 5.41) is 23.1. The van der Waals surface area contributed by atoms with Crippen LogP contribution in [0.25, 0.3) is 0 Å². The van der Waals surface area contributed by atoms with E-state index in [9.17, 15) is 19.8 Å². The van der Waals surface area contributed by atoms with Crippen LogP contribution in [0.3, 0.4) is 0 Å². The molecule has 442 valence electrons. The molecule has 0 fully saturated rings. The summed E-state index contributed by atoms with van der Waals surface area (Å²) in [5.74, 6) is -0.0570. The Labute approximate surface area is 468 Å². The van der Waals surface area contributed by atoms with Crippen LogP contribution in [0.1, 0.15) is 367 Å². The molecule has 0 saturated heterocycles. The van der Waals surface area contributed by atoms with Crippen molar-refractivity contribution < 1.29 is 24.5 Å². The Balaban J connectivity index is 3.33. The summed E-state index contributed by atoms with van der Waals surface area (Å²) < 4.78 is 5.48. The van der Waals surface area contributed by atoms with Crippen LogP contribution in [0.2, 0.25) is 0 Å². The topological polar surface area (TPSA) is 95.9 Å². The average Bonchev–Trinajstić information content (AvgIpc) is 3.41. The number of nitrogens with one attached hydrogen (secondary N) is 1. The monoisotopic (exact) mass is 1050 g/mol. The highest BCUT2D eigenvalue weighted by atomic mass is 16.5. The van der Waals surface area contributed by atoms with E-state index in [0.29, 0.717) is 19.4 Å². The number of aliphatic hydroxyl groups excluding tert-OH is 2. The Hall–Kier alpha value is -1.92. The number of aliphatic hydroxyl groups is 2. The maximum absolute atomic E-state index is 12.5. The van der Waals surface area contributed by atoms with Crippen LogP contribution < -0.4 is 5.32 Å². The van der Waals surface area contributed by atoms with Crippen LogP contribution in [0, 0.1) is 0 Å². The first-order valence-corrected chi connectivity index (χ1v) is 33.8. The van der Waals surface area contributed by atoms with E-state index in [1.54, 1.807) is 6.08 Å². The molecular formula is C69H131NO5. The first kappa shape index (κ1) is 73.1. The van der Waals surface area contributed by atoms with Crippen molar-refractivity contribution in [2.75, 3.05) is 13.2 Å². The lowest BCUT2D eigenvalue weighted by atomic mass is 10.0. The summed E-state index contributed by atoms with van der Waals surface area (Å²) in [6.45, 7) is 4.88. The lowest BCUT2D eigenvalue weighted by molar-refractivity contribution is -0.143. The van der Waals surface area contributed by atoms with E-state index >= 15 is 0 Å². The van der Waals surface area contributed by atoms with Gasteiger partial charge >= 0.3 is 5.97 Å². The SMILES string of the molecule is CCCC/C=C\C/C=C\CCCCCCCC(=O)OCCCCCCCCCCCCCCCCCCCCCCCCCCCCCCCCCC(=O)NC(CO)C(O)/C=C/CCCCCCCCCCCCC. The van der Waals surface area contributed by atoms with Gasteiger partial charge in [-0.05, 0) is 57.8 Å². The van der Waals surface area contributed by atoms with Crippen LogP contribution in [0.5, 0.6) is 0 Å². The summed E-state index contributed by atoms with van der Waals surface area (Å²) in [7, 11) is 0. The second-order valence-electron chi connectivity index (χ2n) is 23.2. The average molecular weight is 1050 g/mol. The normalized spacial score (nSPS) is 12.7. The number of allylic oxidation sites excluding steroid dienone is 5. The number of carbonyl (C=O) groups excluding carboxylic acids is 2. The number of esters is 1. The lowest BCUT2D eigenvalue weighted by Crippen LogP contribution is -2.45. The van der Waals surface area contributed by atoms with Crippen molar-refractivity contribution >= 4 is 11.9 Å². The molecule has 0 aliphatic carbocycles. The zero-order valence-electron chi connectivity index (χ0n) is 50.5. The van der Waals surface area contributed by atoms with Gasteiger partial charge in [0.05, 0.1) is 25.4 Å². The van der Waals surface area contributed by atoms with Gasteiger partial charge in [-0.3, -0.25) is 9.59 Å². The predicted molar refractivity (Wildman–Crippen MR) is 329 cm³/mol. The van der Waals surface area contributed by atoms with E-state index in [1.807, 2.05) is 6.08 Å². The van der Waals surface area contributed by atoms with Gasteiger partial charge in [-0.1, -0.05) is 333 Å². The number of hydrogen-bond donors (Lipinski definition) is 3. The van der Waals surface area contributed by atoms with E-state index in [-0.39, 0.29) is 18.5 Å². The Bertz CT molecular complexity index is 1210. The van der Waals surface area contributed by atoms with E-state index in [1.165, 1.54) is 289 Å². The second-order valence-corrected chi connectivity index (χ2v) is 23.2. The number of rotatable bonds is 63. The van der Waals surface area contributed by atoms with Crippen LogP contribution in [-0.2, 0) is 14.3 Å². The van der Waals surface area contributed by atoms with Crippen molar-refractivity contribution in [2.45, 2.75) is 379 Å². The highest BCUT2D eigenvalue weighted by Gasteiger charge is 2.18. The molecular weight excluding hydrogens is 923 g/mol. The van der Waals surface area contributed by atoms with Gasteiger partial charge < -0.3 is 20.3 Å². The molecule has 0 spiro atoms. The Kier molecular flexibility index (Phi) is 63.0. The smallest absolute Gasteiger partial charge is 0.305 e. The van der Waals surface area contributed by atoms with Crippen molar-refractivity contribution in [1.29, 1.82) is 0 Å². The Morgan fingerprint density at radius 1 is 0.373 bits per heavy atom. The minimum absolute atomic E-state index is 0.00578. The molecule has 6 nitrogen and oxygen atoms in total. The summed E-state index contributed by atoms with van der Waals surface area (Å²) >= 11 is 0. The van der Waals surface area contributed by atoms with Crippen molar-refractivity contribution in [3.8, 4) is 0 Å². The minimum atomic E-state index is -0.840. The maximum Gasteiger partial charge on any atom is 0.305 e. The molecule has 0 aromatic rings. The van der Waals surface area contributed by atoms with Crippen molar-refractivity contribution in [3.63, 3.8) is 0 Å². The van der Waals surface area contributed by atoms with Crippen molar-refractivity contribution in [2.24, 2.45) is 0 Å². The fourth-order valence-electron chi connectivity index (χ4n) is 10.5. The maximum atomic E-state index is 12.5. The van der Waals surface area contributed by atoms with Gasteiger partial charge in [-0.15, -0.1) is 0 Å². The molecule has 2 atom stereocenters. The molecule has 3 N–H and O–H groups in total. The number of unbranched alkanes of at least 4 members (excludes halogenated alkanes) is 48. The van der Waals surface area contributed by atoms with Crippen molar-refractivity contribution in [3.05, 3.63) is 36.5 Å². The second kappa shape index (κ2) is 64.6. The summed E-state index contributed by atoms with van der Waals surface area (Å²) in [4.78, 5) is 24.5. The molecule has 1 amide bonds. The number of hydrogen-bond acceptors (Lipinski definition) is 5. The van der Waals surface area contributed by atoms with Crippen LogP contribution >= 0.6 is 0 Å². The summed E-state index contributed by atoms with van der Waals surface area (Å²) in [6, 6.07) is -0.624. The first-order chi connectivity index (χ1) is 37.0. The van der Waals surface area contributed by atoms with Gasteiger partial charge in [0.1, 0.15) is 0 Å². The molecule has 0 rings (SSSR count). The van der Waals surface area contributed by atoms with Gasteiger partial charge in [-0.25, -0.2) is 0 Å². The standard InChI is InChI=1S/C69H131NO5/c1-3-5-7-9-11-13-15-17-39-43-47-51-55-59-63-69(74)75-64-60-56-52-48-44-40-36-34-32-30-28-26-24-22-20-18-19-21-23-25-27-29-31-33-35-38-42-46-50-54-58-62-68(73)70-66(65-71)67(72)61-57-53-49-45-41-37-16-14-12-10-8-6-4-2/h9,11,15,17,57,61,66-67,71-72H,3-8,10,12-14,16,18-56,58-60,62-65H2,1-2H3,(H,70,73)/b11-9-,17-15-,61-57+. The molecule has 2 unspecified atom stereocenters. The van der Waals surface area contributed by atoms with Gasteiger partial charge in [0.25, 0.3) is 0 Å². The third-order valence-electron chi connectivity index (χ3n) is 15.7. The molecule has 0 radical (unpaired) electrons. The quantitative estimate of drug-likeness (QED) is 0.0320. The van der Waals surface area contributed by atoms with Crippen LogP contribution in [0.4, 0.5) is 0 Å². The molecule has 0 saturated carbocycles. The zero-order chi connectivity index (χ0) is 54.3. The first-order valence-electron chi connectivity index (χ1n) is 33.8. The Morgan fingerprint density at radius 2 is 0.680 bits per heavy atom. The molecule has 0 heterocycles. The van der Waals surface area contributed by atoms with Gasteiger partial charge in [0, 0.05) is 12.8 Å². The fraction of sp³-hybridized carbons (Fsp3) is 0.884. The molecule has 0 aliphatic heterocycles. The van der Waals surface area contributed by atoms with Crippen molar-refractivity contribution in [1.82, 2.24) is 5.32 Å². The van der Waals surface area contributed by atoms with E-state index in [4.69, 9.17) is 4.74 Å². The van der Waals surface area contributed by atoms with Gasteiger partial charge in [0.2, 0.25) is 5.91 Å². The zero-order valence-corrected chi connectivity index (χ0v) is 50.5. The van der Waals surface area contributed by atoms with E-state index < -0.39 is 12.1 Å². The van der Waals surface area contributed by atoms with E-state index in [0.717, 1.165) is 51.4 Å². The molecule has 6 heteroatoms. The third kappa shape index (κ3) is 61.2. The van der Waals surface area contributed by atoms with Gasteiger partial charge in [-0.2, -0.15) is 0 Å². The molecule has 0 bridgehead atoms. The highest BCUT2D eigenvalue weighted by Crippen LogP contribution is 2.18.